The van der Waals surface area contributed by atoms with Crippen molar-refractivity contribution >= 4 is 55.2 Å². The Labute approximate surface area is 315 Å². The van der Waals surface area contributed by atoms with Crippen LogP contribution in [0.3, 0.4) is 0 Å². The average molecular weight is 685 g/mol. The molecule has 11 rings (SSSR count). The van der Waals surface area contributed by atoms with Gasteiger partial charge in [0.05, 0.1) is 0 Å². The molecular weight excluding hydrogens is 649 g/mol. The highest BCUT2D eigenvalue weighted by Crippen LogP contribution is 2.53. The van der Waals surface area contributed by atoms with Gasteiger partial charge in [0.1, 0.15) is 0 Å². The molecule has 9 aromatic carbocycles. The van der Waals surface area contributed by atoms with Crippen LogP contribution in [0.2, 0.25) is 0 Å². The Morgan fingerprint density at radius 1 is 0.333 bits per heavy atom. The van der Waals surface area contributed by atoms with Gasteiger partial charge in [0.25, 0.3) is 0 Å². The van der Waals surface area contributed by atoms with Gasteiger partial charge in [0.2, 0.25) is 0 Å². The van der Waals surface area contributed by atoms with Crippen molar-refractivity contribution in [2.75, 3.05) is 0 Å². The molecule has 2 unspecified atom stereocenters. The summed E-state index contributed by atoms with van der Waals surface area (Å²) < 4.78 is 0. The van der Waals surface area contributed by atoms with Crippen LogP contribution in [-0.4, -0.2) is 0 Å². The standard InChI is InChI=1S/C54H36/c1-2-13-36(14-3-1)40-32-31-37(39-15-4-5-16-41(39)40)28-25-35-26-29-38(30-27-35)52-45-19-8-10-21-47(45)54(48-22-11-9-20-46(48)52)51-34-33-50-43-18-7-6-17-42(43)44-23-12-24-49(51)53(44)50/h1-34,42-43H. The Kier molecular flexibility index (Phi) is 7.10. The lowest BCUT2D eigenvalue weighted by Crippen LogP contribution is -2.01. The van der Waals surface area contributed by atoms with E-state index in [4.69, 9.17) is 0 Å². The van der Waals surface area contributed by atoms with Gasteiger partial charge in [-0.1, -0.05) is 206 Å². The van der Waals surface area contributed by atoms with Crippen LogP contribution < -0.4 is 0 Å². The zero-order chi connectivity index (χ0) is 35.6. The molecule has 0 saturated heterocycles. The highest BCUT2D eigenvalue weighted by molar-refractivity contribution is 6.24. The quantitative estimate of drug-likeness (QED) is 0.125. The fourth-order valence-corrected chi connectivity index (χ4v) is 9.45. The van der Waals surface area contributed by atoms with Gasteiger partial charge in [-0.05, 0) is 98.7 Å². The third-order valence-electron chi connectivity index (χ3n) is 11.9. The molecule has 0 aromatic heterocycles. The first kappa shape index (κ1) is 30.8. The fourth-order valence-electron chi connectivity index (χ4n) is 9.45. The monoisotopic (exact) mass is 684 g/mol. The lowest BCUT2D eigenvalue weighted by molar-refractivity contribution is 0.769. The molecule has 0 heteroatoms. The smallest absolute Gasteiger partial charge is 0.0131 e. The summed E-state index contributed by atoms with van der Waals surface area (Å²) in [6.45, 7) is 0. The van der Waals surface area contributed by atoms with Gasteiger partial charge in [0.15, 0.2) is 0 Å². The van der Waals surface area contributed by atoms with Gasteiger partial charge in [-0.3, -0.25) is 0 Å². The molecule has 0 bridgehead atoms. The van der Waals surface area contributed by atoms with E-state index in [1.807, 2.05) is 0 Å². The van der Waals surface area contributed by atoms with Gasteiger partial charge in [-0.25, -0.2) is 0 Å². The van der Waals surface area contributed by atoms with Crippen LogP contribution in [0, 0.1) is 0 Å². The first-order chi connectivity index (χ1) is 26.8. The van der Waals surface area contributed by atoms with Crippen LogP contribution in [0.25, 0.3) is 88.6 Å². The lowest BCUT2D eigenvalue weighted by atomic mass is 9.84. The van der Waals surface area contributed by atoms with E-state index in [0.717, 1.165) is 0 Å². The van der Waals surface area contributed by atoms with Crippen LogP contribution in [0.5, 0.6) is 0 Å². The van der Waals surface area contributed by atoms with E-state index in [-0.39, 0.29) is 0 Å². The van der Waals surface area contributed by atoms with Crippen molar-refractivity contribution in [1.29, 1.82) is 0 Å². The molecule has 0 spiro atoms. The SMILES string of the molecule is C1=CC2c3cccc4c(-c5c6ccccc6c(-c6ccc(C=Cc7ccc(-c8ccccc8)c8ccccc78)cc6)c6ccccc56)ccc(c34)C2C=C1. The molecule has 2 aliphatic carbocycles. The van der Waals surface area contributed by atoms with Crippen molar-refractivity contribution in [3.63, 3.8) is 0 Å². The third kappa shape index (κ3) is 4.77. The average Bonchev–Trinajstić information content (AvgIpc) is 3.57. The molecule has 0 aliphatic heterocycles. The van der Waals surface area contributed by atoms with Crippen molar-refractivity contribution < 1.29 is 0 Å². The maximum atomic E-state index is 2.40. The second-order valence-electron chi connectivity index (χ2n) is 14.7. The molecule has 0 fully saturated rings. The Morgan fingerprint density at radius 2 is 0.889 bits per heavy atom. The fraction of sp³-hybridized carbons (Fsp3) is 0.0370. The predicted octanol–water partition coefficient (Wildman–Crippen LogP) is 14.8. The number of fused-ring (bicyclic) bond motifs is 6. The minimum atomic E-state index is 0.414. The molecule has 54 heavy (non-hydrogen) atoms. The van der Waals surface area contributed by atoms with E-state index in [0.29, 0.717) is 11.8 Å². The molecule has 252 valence electrons. The Balaban J connectivity index is 1.02. The first-order valence-electron chi connectivity index (χ1n) is 19.0. The van der Waals surface area contributed by atoms with Crippen LogP contribution in [0.4, 0.5) is 0 Å². The van der Waals surface area contributed by atoms with Crippen LogP contribution in [0.15, 0.2) is 194 Å². The maximum Gasteiger partial charge on any atom is 0.0131 e. The number of hydrogen-bond acceptors (Lipinski definition) is 0. The van der Waals surface area contributed by atoms with Crippen molar-refractivity contribution in [1.82, 2.24) is 0 Å². The Hall–Kier alpha value is -6.76. The van der Waals surface area contributed by atoms with E-state index in [9.17, 15) is 0 Å². The van der Waals surface area contributed by atoms with Crippen molar-refractivity contribution in [3.05, 3.63) is 216 Å². The molecule has 0 amide bonds. The zero-order valence-corrected chi connectivity index (χ0v) is 29.8. The molecule has 0 N–H and O–H groups in total. The number of allylic oxidation sites excluding steroid dienone is 4. The number of benzene rings is 9. The Bertz CT molecular complexity index is 2950. The first-order valence-corrected chi connectivity index (χ1v) is 19.0. The van der Waals surface area contributed by atoms with E-state index in [1.165, 1.54) is 98.7 Å². The molecule has 0 radical (unpaired) electrons. The minimum absolute atomic E-state index is 0.414. The third-order valence-corrected chi connectivity index (χ3v) is 11.9. The normalized spacial score (nSPS) is 15.9. The van der Waals surface area contributed by atoms with Crippen LogP contribution in [0.1, 0.15) is 34.1 Å². The Morgan fingerprint density at radius 3 is 1.57 bits per heavy atom. The second-order valence-corrected chi connectivity index (χ2v) is 14.7. The molecule has 2 aliphatic rings. The lowest BCUT2D eigenvalue weighted by Gasteiger charge is -2.19. The summed E-state index contributed by atoms with van der Waals surface area (Å²) in [5, 5.41) is 10.5. The van der Waals surface area contributed by atoms with E-state index < -0.39 is 0 Å². The molecule has 0 saturated carbocycles. The number of hydrogen-bond donors (Lipinski definition) is 0. The summed E-state index contributed by atoms with van der Waals surface area (Å²) >= 11 is 0. The van der Waals surface area contributed by atoms with Gasteiger partial charge < -0.3 is 0 Å². The molecule has 0 nitrogen and oxygen atoms in total. The maximum absolute atomic E-state index is 2.40. The zero-order valence-electron chi connectivity index (χ0n) is 29.8. The molecule has 2 atom stereocenters. The highest BCUT2D eigenvalue weighted by atomic mass is 14.4. The van der Waals surface area contributed by atoms with E-state index in [2.05, 4.69) is 206 Å². The van der Waals surface area contributed by atoms with E-state index >= 15 is 0 Å². The van der Waals surface area contributed by atoms with Crippen molar-refractivity contribution in [3.8, 4) is 33.4 Å². The summed E-state index contributed by atoms with van der Waals surface area (Å²) in [6.07, 6.45) is 13.7. The minimum Gasteiger partial charge on any atom is -0.0761 e. The predicted molar refractivity (Wildman–Crippen MR) is 232 cm³/mol. The summed E-state index contributed by atoms with van der Waals surface area (Å²) in [4.78, 5) is 0. The largest absolute Gasteiger partial charge is 0.0761 e. The van der Waals surface area contributed by atoms with E-state index in [1.54, 1.807) is 0 Å². The summed E-state index contributed by atoms with van der Waals surface area (Å²) in [5.74, 6) is 0.828. The molecule has 9 aromatic rings. The molecule has 0 heterocycles. The van der Waals surface area contributed by atoms with Gasteiger partial charge in [-0.15, -0.1) is 0 Å². The topological polar surface area (TPSA) is 0 Å². The summed E-state index contributed by atoms with van der Waals surface area (Å²) in [7, 11) is 0. The molecular formula is C54H36. The summed E-state index contributed by atoms with van der Waals surface area (Å²) in [5.41, 5.74) is 13.0. The van der Waals surface area contributed by atoms with Gasteiger partial charge in [-0.2, -0.15) is 0 Å². The van der Waals surface area contributed by atoms with Crippen LogP contribution in [-0.2, 0) is 0 Å². The van der Waals surface area contributed by atoms with Gasteiger partial charge >= 0.3 is 0 Å². The number of rotatable bonds is 5. The second kappa shape index (κ2) is 12.4. The van der Waals surface area contributed by atoms with Crippen molar-refractivity contribution in [2.24, 2.45) is 0 Å². The highest BCUT2D eigenvalue weighted by Gasteiger charge is 2.33. The summed E-state index contributed by atoms with van der Waals surface area (Å²) in [6, 6.07) is 62.8. The van der Waals surface area contributed by atoms with Gasteiger partial charge in [0, 0.05) is 11.8 Å². The van der Waals surface area contributed by atoms with Crippen LogP contribution >= 0.6 is 0 Å². The van der Waals surface area contributed by atoms with Crippen molar-refractivity contribution in [2.45, 2.75) is 11.8 Å².